The molecule has 2 heterocycles. The average molecular weight is 222 g/mol. The molecule has 0 spiro atoms. The topological polar surface area (TPSA) is 56.6 Å². The quantitative estimate of drug-likeness (QED) is 0.778. The fraction of sp³-hybridized carbons (Fsp3) is 0.583. The van der Waals surface area contributed by atoms with E-state index >= 15 is 0 Å². The van der Waals surface area contributed by atoms with Gasteiger partial charge in [0, 0.05) is 18.8 Å². The van der Waals surface area contributed by atoms with Crippen LogP contribution < -0.4 is 4.90 Å². The van der Waals surface area contributed by atoms with Crippen molar-refractivity contribution in [3.63, 3.8) is 0 Å². The van der Waals surface area contributed by atoms with Gasteiger partial charge in [0.2, 0.25) is 0 Å². The van der Waals surface area contributed by atoms with Crippen LogP contribution in [0.3, 0.4) is 0 Å². The molecule has 88 valence electrons. The molecule has 2 N–H and O–H groups in total. The minimum Gasteiger partial charge on any atom is -0.393 e. The van der Waals surface area contributed by atoms with E-state index in [-0.39, 0.29) is 12.7 Å². The lowest BCUT2D eigenvalue weighted by Gasteiger charge is -2.30. The maximum absolute atomic E-state index is 9.44. The van der Waals surface area contributed by atoms with Crippen LogP contribution in [0, 0.1) is 6.92 Å². The fourth-order valence-electron chi connectivity index (χ4n) is 2.07. The van der Waals surface area contributed by atoms with Crippen molar-refractivity contribution in [3.05, 3.63) is 23.4 Å². The van der Waals surface area contributed by atoms with Crippen molar-refractivity contribution in [2.45, 2.75) is 32.5 Å². The summed E-state index contributed by atoms with van der Waals surface area (Å²) in [5.74, 6) is 0.913. The Hall–Kier alpha value is -1.13. The van der Waals surface area contributed by atoms with Gasteiger partial charge in [-0.3, -0.25) is 0 Å². The molecular formula is C12H18N2O2. The van der Waals surface area contributed by atoms with Crippen molar-refractivity contribution in [1.82, 2.24) is 4.98 Å². The first kappa shape index (κ1) is 11.4. The Morgan fingerprint density at radius 1 is 1.38 bits per heavy atom. The third-order valence-corrected chi connectivity index (χ3v) is 2.97. The van der Waals surface area contributed by atoms with Gasteiger partial charge in [0.15, 0.2) is 0 Å². The Labute approximate surface area is 95.5 Å². The molecule has 0 amide bonds. The van der Waals surface area contributed by atoms with Gasteiger partial charge in [-0.25, -0.2) is 4.98 Å². The molecule has 2 rings (SSSR count). The molecule has 0 atom stereocenters. The summed E-state index contributed by atoms with van der Waals surface area (Å²) in [5.41, 5.74) is 1.82. The van der Waals surface area contributed by atoms with Gasteiger partial charge >= 0.3 is 0 Å². The van der Waals surface area contributed by atoms with Crippen LogP contribution in [0.25, 0.3) is 0 Å². The summed E-state index contributed by atoms with van der Waals surface area (Å²) >= 11 is 0. The minimum atomic E-state index is -0.168. The van der Waals surface area contributed by atoms with Crippen molar-refractivity contribution in [2.75, 3.05) is 18.0 Å². The Morgan fingerprint density at radius 2 is 2.06 bits per heavy atom. The van der Waals surface area contributed by atoms with Crippen LogP contribution in [-0.2, 0) is 6.61 Å². The number of nitrogens with zero attached hydrogens (tertiary/aromatic N) is 2. The zero-order chi connectivity index (χ0) is 11.5. The van der Waals surface area contributed by atoms with Gasteiger partial charge < -0.3 is 15.1 Å². The molecule has 0 radical (unpaired) electrons. The highest BCUT2D eigenvalue weighted by Crippen LogP contribution is 2.20. The van der Waals surface area contributed by atoms with E-state index in [4.69, 9.17) is 5.11 Å². The maximum Gasteiger partial charge on any atom is 0.129 e. The molecule has 1 fully saturated rings. The van der Waals surface area contributed by atoms with E-state index in [0.717, 1.165) is 43.0 Å². The molecule has 1 aromatic rings. The number of rotatable bonds is 2. The third kappa shape index (κ3) is 2.51. The molecular weight excluding hydrogens is 204 g/mol. The summed E-state index contributed by atoms with van der Waals surface area (Å²) in [6.07, 6.45) is 1.42. The van der Waals surface area contributed by atoms with Crippen molar-refractivity contribution < 1.29 is 10.2 Å². The minimum absolute atomic E-state index is 0.0484. The first-order chi connectivity index (χ1) is 7.69. The van der Waals surface area contributed by atoms with E-state index < -0.39 is 0 Å². The largest absolute Gasteiger partial charge is 0.393 e. The second-order valence-electron chi connectivity index (χ2n) is 4.35. The number of aliphatic hydroxyl groups excluding tert-OH is 2. The number of aryl methyl sites for hydroxylation is 1. The van der Waals surface area contributed by atoms with Crippen LogP contribution in [0.4, 0.5) is 5.82 Å². The summed E-state index contributed by atoms with van der Waals surface area (Å²) < 4.78 is 0. The Bertz CT molecular complexity index is 360. The Morgan fingerprint density at radius 3 is 2.69 bits per heavy atom. The van der Waals surface area contributed by atoms with Crippen LogP contribution in [-0.4, -0.2) is 34.4 Å². The summed E-state index contributed by atoms with van der Waals surface area (Å²) in [6, 6.07) is 3.81. The van der Waals surface area contributed by atoms with Gasteiger partial charge in [-0.2, -0.15) is 0 Å². The van der Waals surface area contributed by atoms with Gasteiger partial charge in [0.05, 0.1) is 12.7 Å². The second kappa shape index (κ2) is 4.80. The van der Waals surface area contributed by atoms with Gasteiger partial charge in [-0.15, -0.1) is 0 Å². The predicted octanol–water partition coefficient (Wildman–Crippen LogP) is 0.843. The standard InChI is InChI=1S/C12H18N2O2/c1-9-6-10(8-15)7-12(13-9)14-4-2-11(16)3-5-14/h6-7,11,15-16H,2-5,8H2,1H3. The highest BCUT2D eigenvalue weighted by Gasteiger charge is 2.18. The zero-order valence-electron chi connectivity index (χ0n) is 9.56. The van der Waals surface area contributed by atoms with Crippen molar-refractivity contribution in [2.24, 2.45) is 0 Å². The van der Waals surface area contributed by atoms with Crippen LogP contribution in [0.5, 0.6) is 0 Å². The van der Waals surface area contributed by atoms with E-state index in [1.807, 2.05) is 19.1 Å². The van der Waals surface area contributed by atoms with Gasteiger partial charge in [0.25, 0.3) is 0 Å². The molecule has 1 saturated heterocycles. The lowest BCUT2D eigenvalue weighted by Crippen LogP contribution is -2.36. The van der Waals surface area contributed by atoms with Crippen molar-refractivity contribution in [1.29, 1.82) is 0 Å². The van der Waals surface area contributed by atoms with Crippen LogP contribution in [0.15, 0.2) is 12.1 Å². The van der Waals surface area contributed by atoms with Gasteiger partial charge in [-0.1, -0.05) is 0 Å². The van der Waals surface area contributed by atoms with E-state index in [9.17, 15) is 5.11 Å². The molecule has 1 aromatic heterocycles. The number of piperidine rings is 1. The van der Waals surface area contributed by atoms with E-state index in [1.54, 1.807) is 0 Å². The summed E-state index contributed by atoms with van der Waals surface area (Å²) in [7, 11) is 0. The second-order valence-corrected chi connectivity index (χ2v) is 4.35. The molecule has 4 heteroatoms. The molecule has 0 bridgehead atoms. The van der Waals surface area contributed by atoms with Gasteiger partial charge in [-0.05, 0) is 37.5 Å². The normalized spacial score (nSPS) is 17.8. The van der Waals surface area contributed by atoms with Crippen molar-refractivity contribution >= 4 is 5.82 Å². The first-order valence-electron chi connectivity index (χ1n) is 5.70. The number of hydrogen-bond donors (Lipinski definition) is 2. The monoisotopic (exact) mass is 222 g/mol. The third-order valence-electron chi connectivity index (χ3n) is 2.97. The Balaban J connectivity index is 2.16. The SMILES string of the molecule is Cc1cc(CO)cc(N2CCC(O)CC2)n1. The lowest BCUT2D eigenvalue weighted by molar-refractivity contribution is 0.145. The highest BCUT2D eigenvalue weighted by atomic mass is 16.3. The smallest absolute Gasteiger partial charge is 0.129 e. The number of anilines is 1. The summed E-state index contributed by atoms with van der Waals surface area (Å²) in [4.78, 5) is 6.63. The van der Waals surface area contributed by atoms with Gasteiger partial charge in [0.1, 0.15) is 5.82 Å². The predicted molar refractivity (Wildman–Crippen MR) is 62.4 cm³/mol. The first-order valence-corrected chi connectivity index (χ1v) is 5.70. The fourth-order valence-corrected chi connectivity index (χ4v) is 2.07. The molecule has 0 aliphatic carbocycles. The van der Waals surface area contributed by atoms with E-state index in [1.165, 1.54) is 0 Å². The summed E-state index contributed by atoms with van der Waals surface area (Å²) in [5, 5.41) is 18.6. The molecule has 0 saturated carbocycles. The van der Waals surface area contributed by atoms with Crippen LogP contribution in [0.2, 0.25) is 0 Å². The molecule has 1 aliphatic rings. The molecule has 4 nitrogen and oxygen atoms in total. The number of pyridine rings is 1. The van der Waals surface area contributed by atoms with Crippen LogP contribution >= 0.6 is 0 Å². The summed E-state index contributed by atoms with van der Waals surface area (Å²) in [6.45, 7) is 3.65. The maximum atomic E-state index is 9.44. The molecule has 0 unspecified atom stereocenters. The number of hydrogen-bond acceptors (Lipinski definition) is 4. The van der Waals surface area contributed by atoms with Crippen molar-refractivity contribution in [3.8, 4) is 0 Å². The highest BCUT2D eigenvalue weighted by molar-refractivity contribution is 5.42. The molecule has 1 aliphatic heterocycles. The molecule has 0 aromatic carbocycles. The van der Waals surface area contributed by atoms with E-state index in [2.05, 4.69) is 9.88 Å². The van der Waals surface area contributed by atoms with Crippen LogP contribution in [0.1, 0.15) is 24.1 Å². The zero-order valence-corrected chi connectivity index (χ0v) is 9.56. The molecule has 16 heavy (non-hydrogen) atoms. The lowest BCUT2D eigenvalue weighted by atomic mass is 10.1. The number of aliphatic hydroxyl groups is 2. The van der Waals surface area contributed by atoms with E-state index in [0.29, 0.717) is 0 Å². The average Bonchev–Trinajstić information content (AvgIpc) is 2.29. The Kier molecular flexibility index (Phi) is 3.41. The number of aromatic nitrogens is 1.